The van der Waals surface area contributed by atoms with Crippen LogP contribution in [0.4, 0.5) is 18.9 Å². The maximum atomic E-state index is 14.3. The molecule has 1 amide bonds. The predicted octanol–water partition coefficient (Wildman–Crippen LogP) is 7.10. The zero-order valence-corrected chi connectivity index (χ0v) is 24.2. The molecule has 0 spiro atoms. The van der Waals surface area contributed by atoms with E-state index in [-0.39, 0.29) is 33.8 Å². The van der Waals surface area contributed by atoms with Gasteiger partial charge in [0.25, 0.3) is 5.91 Å². The summed E-state index contributed by atoms with van der Waals surface area (Å²) in [6.07, 6.45) is 2.20. The average Bonchev–Trinajstić information content (AvgIpc) is 3.73. The van der Waals surface area contributed by atoms with Crippen molar-refractivity contribution in [1.29, 1.82) is 0 Å². The second-order valence-electron chi connectivity index (χ2n) is 11.4. The summed E-state index contributed by atoms with van der Waals surface area (Å²) < 4.78 is 43.2. The lowest BCUT2D eigenvalue weighted by atomic mass is 9.78. The van der Waals surface area contributed by atoms with Crippen molar-refractivity contribution in [3.63, 3.8) is 0 Å². The molecular formula is C28H28Cl2F3IN2O2. The molecule has 1 unspecified atom stereocenters. The van der Waals surface area contributed by atoms with Gasteiger partial charge in [-0.3, -0.25) is 9.69 Å². The lowest BCUT2D eigenvalue weighted by molar-refractivity contribution is -0.142. The van der Waals surface area contributed by atoms with E-state index in [2.05, 4.69) is 4.90 Å². The zero-order chi connectivity index (χ0) is 27.0. The molecule has 1 aliphatic heterocycles. The molecule has 1 N–H and O–H groups in total. The number of carbonyl (C=O) groups is 1. The normalized spacial score (nSPS) is 27.2. The number of amides is 1. The highest BCUT2D eigenvalue weighted by atomic mass is 127. The third-order valence-electron chi connectivity index (χ3n) is 8.46. The fourth-order valence-corrected chi connectivity index (χ4v) is 7.23. The van der Waals surface area contributed by atoms with Crippen LogP contribution in [-0.4, -0.2) is 41.6 Å². The minimum absolute atomic E-state index is 0.0627. The van der Waals surface area contributed by atoms with E-state index >= 15 is 0 Å². The predicted molar refractivity (Wildman–Crippen MR) is 150 cm³/mol. The quantitative estimate of drug-likeness (QED) is 0.303. The molecule has 38 heavy (non-hydrogen) atoms. The van der Waals surface area contributed by atoms with Gasteiger partial charge in [-0.05, 0) is 103 Å². The van der Waals surface area contributed by atoms with Crippen LogP contribution < -0.4 is 4.90 Å². The molecule has 4 aliphatic rings. The van der Waals surface area contributed by atoms with Crippen LogP contribution in [-0.2, 0) is 16.6 Å². The van der Waals surface area contributed by atoms with E-state index in [0.29, 0.717) is 9.61 Å². The molecule has 6 rings (SSSR count). The lowest BCUT2D eigenvalue weighted by Crippen LogP contribution is -2.51. The second-order valence-corrected chi connectivity index (χ2v) is 13.5. The number of alkyl halides is 3. The van der Waals surface area contributed by atoms with Crippen molar-refractivity contribution in [2.45, 2.75) is 56.3 Å². The number of carbonyl (C=O) groups excluding carboxylic acids is 1. The molecule has 0 saturated heterocycles. The molecule has 2 aromatic rings. The highest BCUT2D eigenvalue weighted by Crippen LogP contribution is 2.53. The highest BCUT2D eigenvalue weighted by Gasteiger charge is 2.57. The van der Waals surface area contributed by atoms with Gasteiger partial charge in [-0.15, -0.1) is 0 Å². The van der Waals surface area contributed by atoms with Crippen molar-refractivity contribution in [2.75, 3.05) is 24.5 Å². The summed E-state index contributed by atoms with van der Waals surface area (Å²) in [4.78, 5) is 17.9. The Morgan fingerprint density at radius 2 is 1.66 bits per heavy atom. The van der Waals surface area contributed by atoms with Gasteiger partial charge < -0.3 is 10.0 Å². The van der Waals surface area contributed by atoms with E-state index in [9.17, 15) is 23.1 Å². The average molecular weight is 679 g/mol. The van der Waals surface area contributed by atoms with Gasteiger partial charge in [0.05, 0.1) is 11.3 Å². The minimum Gasteiger partial charge on any atom is -0.372 e. The van der Waals surface area contributed by atoms with Gasteiger partial charge in [0.15, 0.2) is 5.60 Å². The number of aliphatic hydroxyl groups is 1. The summed E-state index contributed by atoms with van der Waals surface area (Å²) in [6, 6.07) is 7.05. The van der Waals surface area contributed by atoms with E-state index < -0.39 is 28.8 Å². The van der Waals surface area contributed by atoms with Crippen LogP contribution >= 0.6 is 45.8 Å². The van der Waals surface area contributed by atoms with Crippen molar-refractivity contribution in [3.05, 3.63) is 60.6 Å². The summed E-state index contributed by atoms with van der Waals surface area (Å²) in [5, 5.41) is 12.1. The van der Waals surface area contributed by atoms with Crippen molar-refractivity contribution < 1.29 is 23.1 Å². The summed E-state index contributed by atoms with van der Waals surface area (Å²) in [6.45, 7) is 2.51. The Labute approximate surface area is 243 Å². The van der Waals surface area contributed by atoms with Crippen molar-refractivity contribution in [3.8, 4) is 0 Å². The number of hydrogen-bond donors (Lipinski definition) is 1. The number of halogens is 6. The van der Waals surface area contributed by atoms with Crippen LogP contribution in [0.2, 0.25) is 10.0 Å². The first kappa shape index (κ1) is 27.1. The SMILES string of the molecule is O=C1N(C[C@H]2C[C@@H](N(CC3CC3)CC3CC3)C2)c2cc(I)cc(C(F)(F)F)c2C1(O)c1ccc(Cl)cc1Cl. The molecule has 1 heterocycles. The molecule has 3 fully saturated rings. The Bertz CT molecular complexity index is 1260. The van der Waals surface area contributed by atoms with E-state index in [1.807, 2.05) is 22.6 Å². The number of nitrogens with zero attached hydrogens (tertiary/aromatic N) is 2. The molecule has 10 heteroatoms. The van der Waals surface area contributed by atoms with E-state index in [0.717, 1.165) is 43.8 Å². The van der Waals surface area contributed by atoms with E-state index in [1.54, 1.807) is 6.07 Å². The molecule has 3 aliphatic carbocycles. The second kappa shape index (κ2) is 9.79. The first-order valence-corrected chi connectivity index (χ1v) is 14.9. The number of rotatable bonds is 8. The van der Waals surface area contributed by atoms with Crippen LogP contribution in [0.1, 0.15) is 55.2 Å². The number of benzene rings is 2. The molecule has 0 bridgehead atoms. The van der Waals surface area contributed by atoms with Crippen LogP contribution in [0.5, 0.6) is 0 Å². The maximum Gasteiger partial charge on any atom is 0.416 e. The summed E-state index contributed by atoms with van der Waals surface area (Å²) in [5.74, 6) is 0.928. The van der Waals surface area contributed by atoms with Gasteiger partial charge in [0.1, 0.15) is 0 Å². The smallest absolute Gasteiger partial charge is 0.372 e. The fraction of sp³-hybridized carbons (Fsp3) is 0.536. The van der Waals surface area contributed by atoms with Crippen molar-refractivity contribution in [2.24, 2.45) is 17.8 Å². The van der Waals surface area contributed by atoms with Crippen molar-refractivity contribution in [1.82, 2.24) is 4.90 Å². The summed E-state index contributed by atoms with van der Waals surface area (Å²) >= 11 is 14.2. The van der Waals surface area contributed by atoms with Gasteiger partial charge in [-0.25, -0.2) is 0 Å². The van der Waals surface area contributed by atoms with Crippen LogP contribution in [0.25, 0.3) is 0 Å². The molecular weight excluding hydrogens is 651 g/mol. The first-order chi connectivity index (χ1) is 17.9. The third-order valence-corrected chi connectivity index (χ3v) is 9.63. The Morgan fingerprint density at radius 3 is 2.21 bits per heavy atom. The lowest BCUT2D eigenvalue weighted by Gasteiger charge is -2.44. The minimum atomic E-state index is -4.78. The molecule has 204 valence electrons. The van der Waals surface area contributed by atoms with Gasteiger partial charge in [-0.2, -0.15) is 13.2 Å². The zero-order valence-electron chi connectivity index (χ0n) is 20.6. The number of fused-ring (bicyclic) bond motifs is 1. The fourth-order valence-electron chi connectivity index (χ4n) is 6.08. The molecule has 0 radical (unpaired) electrons. The molecule has 3 saturated carbocycles. The third kappa shape index (κ3) is 4.97. The highest BCUT2D eigenvalue weighted by molar-refractivity contribution is 14.1. The van der Waals surface area contributed by atoms with Crippen molar-refractivity contribution >= 4 is 57.4 Å². The maximum absolute atomic E-state index is 14.3. The largest absolute Gasteiger partial charge is 0.416 e. The van der Waals surface area contributed by atoms with E-state index in [4.69, 9.17) is 23.2 Å². The van der Waals surface area contributed by atoms with Gasteiger partial charge in [0.2, 0.25) is 0 Å². The number of hydrogen-bond acceptors (Lipinski definition) is 3. The van der Waals surface area contributed by atoms with Crippen LogP contribution in [0, 0.1) is 21.3 Å². The summed E-state index contributed by atoms with van der Waals surface area (Å²) in [5.41, 5.74) is -4.07. The Morgan fingerprint density at radius 1 is 1.03 bits per heavy atom. The monoisotopic (exact) mass is 678 g/mol. The molecule has 1 atom stereocenters. The Balaban J connectivity index is 1.32. The Kier molecular flexibility index (Phi) is 6.98. The van der Waals surface area contributed by atoms with Crippen LogP contribution in [0.15, 0.2) is 30.3 Å². The van der Waals surface area contributed by atoms with Crippen LogP contribution in [0.3, 0.4) is 0 Å². The number of anilines is 1. The van der Waals surface area contributed by atoms with Gasteiger partial charge in [-0.1, -0.05) is 29.3 Å². The van der Waals surface area contributed by atoms with Gasteiger partial charge >= 0.3 is 6.18 Å². The van der Waals surface area contributed by atoms with Gasteiger partial charge in [0, 0.05) is 50.4 Å². The summed E-state index contributed by atoms with van der Waals surface area (Å²) in [7, 11) is 0. The Hall–Kier alpha value is -1.07. The first-order valence-electron chi connectivity index (χ1n) is 13.1. The molecule has 2 aromatic carbocycles. The molecule has 4 nitrogen and oxygen atoms in total. The molecule has 0 aromatic heterocycles. The topological polar surface area (TPSA) is 43.8 Å². The standard InChI is InChI=1S/C28H28Cl2F3IN2O2/c29-18-5-6-21(23(30)9-18)27(38)25-22(28(31,32)33)10-19(34)11-24(25)36(26(27)37)14-17-7-20(8-17)35(12-15-1-2-15)13-16-3-4-16/h5-6,9-11,15-17,20,38H,1-4,7-8,12-14H2/t17-,20+,27?. The van der Waals surface area contributed by atoms with E-state index in [1.165, 1.54) is 48.8 Å².